The van der Waals surface area contributed by atoms with E-state index in [1.165, 1.54) is 0 Å². The average molecular weight is 270 g/mol. The third-order valence-corrected chi connectivity index (χ3v) is 3.40. The lowest BCUT2D eigenvalue weighted by atomic mass is 10.3. The topological polar surface area (TPSA) is 45.5 Å². The molecule has 4 heteroatoms. The number of aryl methyl sites for hydroxylation is 1. The first kappa shape index (κ1) is 12.8. The maximum absolute atomic E-state index is 12.4. The van der Waals surface area contributed by atoms with E-state index in [-0.39, 0.29) is 6.03 Å². The van der Waals surface area contributed by atoms with Crippen molar-refractivity contribution in [3.8, 4) is 0 Å². The van der Waals surface area contributed by atoms with E-state index in [4.69, 9.17) is 4.42 Å². The van der Waals surface area contributed by atoms with E-state index in [2.05, 4.69) is 5.32 Å². The van der Waals surface area contributed by atoms with Crippen LogP contribution in [0.2, 0.25) is 0 Å². The van der Waals surface area contributed by atoms with Crippen LogP contribution in [0.25, 0.3) is 0 Å². The van der Waals surface area contributed by atoms with Gasteiger partial charge < -0.3 is 14.6 Å². The molecule has 1 saturated carbocycles. The zero-order valence-corrected chi connectivity index (χ0v) is 11.5. The number of amides is 2. The van der Waals surface area contributed by atoms with Crippen molar-refractivity contribution in [3.63, 3.8) is 0 Å². The summed E-state index contributed by atoms with van der Waals surface area (Å²) in [6.45, 7) is 2.44. The molecule has 1 aromatic carbocycles. The molecule has 0 atom stereocenters. The zero-order valence-electron chi connectivity index (χ0n) is 11.5. The van der Waals surface area contributed by atoms with Gasteiger partial charge in [-0.3, -0.25) is 0 Å². The number of para-hydroxylation sites is 1. The van der Waals surface area contributed by atoms with Crippen LogP contribution < -0.4 is 5.32 Å². The lowest BCUT2D eigenvalue weighted by Crippen LogP contribution is -2.36. The van der Waals surface area contributed by atoms with Gasteiger partial charge in [0.15, 0.2) is 0 Å². The minimum Gasteiger partial charge on any atom is -0.464 e. The molecule has 1 N–H and O–H groups in total. The van der Waals surface area contributed by atoms with Crippen molar-refractivity contribution in [1.29, 1.82) is 0 Å². The van der Waals surface area contributed by atoms with Crippen LogP contribution in [0.3, 0.4) is 0 Å². The first-order valence-corrected chi connectivity index (χ1v) is 6.90. The van der Waals surface area contributed by atoms with Gasteiger partial charge >= 0.3 is 6.03 Å². The van der Waals surface area contributed by atoms with Crippen LogP contribution in [0.4, 0.5) is 10.5 Å². The van der Waals surface area contributed by atoms with E-state index in [0.717, 1.165) is 30.0 Å². The van der Waals surface area contributed by atoms with Gasteiger partial charge in [-0.1, -0.05) is 18.2 Å². The van der Waals surface area contributed by atoms with Gasteiger partial charge in [0.25, 0.3) is 0 Å². The molecule has 0 aliphatic heterocycles. The van der Waals surface area contributed by atoms with Crippen LogP contribution in [-0.4, -0.2) is 17.0 Å². The smallest absolute Gasteiger partial charge is 0.322 e. The van der Waals surface area contributed by atoms with Crippen LogP contribution in [0.1, 0.15) is 24.4 Å². The highest BCUT2D eigenvalue weighted by atomic mass is 16.3. The number of hydrogen-bond acceptors (Lipinski definition) is 2. The molecule has 0 spiro atoms. The quantitative estimate of drug-likeness (QED) is 0.918. The summed E-state index contributed by atoms with van der Waals surface area (Å²) in [5.74, 6) is 1.71. The van der Waals surface area contributed by atoms with E-state index < -0.39 is 0 Å². The third kappa shape index (κ3) is 3.02. The molecule has 2 aromatic rings. The summed E-state index contributed by atoms with van der Waals surface area (Å²) >= 11 is 0. The zero-order chi connectivity index (χ0) is 13.9. The van der Waals surface area contributed by atoms with E-state index in [1.54, 1.807) is 0 Å². The van der Waals surface area contributed by atoms with Gasteiger partial charge in [0.05, 0.1) is 6.54 Å². The predicted molar refractivity (Wildman–Crippen MR) is 77.5 cm³/mol. The maximum atomic E-state index is 12.4. The van der Waals surface area contributed by atoms with E-state index in [0.29, 0.717) is 12.6 Å². The van der Waals surface area contributed by atoms with Gasteiger partial charge in [0, 0.05) is 11.7 Å². The molecule has 1 heterocycles. The predicted octanol–water partition coefficient (Wildman–Crippen LogP) is 3.78. The molecule has 1 fully saturated rings. The second-order valence-electron chi connectivity index (χ2n) is 5.17. The molecule has 0 bridgehead atoms. The van der Waals surface area contributed by atoms with Crippen molar-refractivity contribution in [2.24, 2.45) is 0 Å². The van der Waals surface area contributed by atoms with E-state index >= 15 is 0 Å². The first-order chi connectivity index (χ1) is 9.72. The minimum absolute atomic E-state index is 0.0623. The van der Waals surface area contributed by atoms with Crippen LogP contribution in [0, 0.1) is 6.92 Å². The van der Waals surface area contributed by atoms with Crippen molar-refractivity contribution in [2.45, 2.75) is 32.4 Å². The SMILES string of the molecule is Cc1ccc(CN(C(=O)Nc2ccccc2)C2CC2)o1. The number of hydrogen-bond donors (Lipinski definition) is 1. The molecular weight excluding hydrogens is 252 g/mol. The maximum Gasteiger partial charge on any atom is 0.322 e. The Bertz CT molecular complexity index is 588. The number of nitrogens with one attached hydrogen (secondary N) is 1. The molecule has 1 aromatic heterocycles. The van der Waals surface area contributed by atoms with Gasteiger partial charge in [-0.2, -0.15) is 0 Å². The summed E-state index contributed by atoms with van der Waals surface area (Å²) in [6, 6.07) is 13.7. The average Bonchev–Trinajstić information content (AvgIpc) is 3.20. The number of nitrogens with zero attached hydrogens (tertiary/aromatic N) is 1. The fourth-order valence-electron chi connectivity index (χ4n) is 2.21. The molecule has 20 heavy (non-hydrogen) atoms. The lowest BCUT2D eigenvalue weighted by Gasteiger charge is -2.21. The van der Waals surface area contributed by atoms with Crippen molar-refractivity contribution in [1.82, 2.24) is 4.90 Å². The molecule has 0 unspecified atom stereocenters. The summed E-state index contributed by atoms with van der Waals surface area (Å²) in [4.78, 5) is 14.2. The highest BCUT2D eigenvalue weighted by molar-refractivity contribution is 5.89. The molecule has 0 radical (unpaired) electrons. The van der Waals surface area contributed by atoms with Crippen LogP contribution in [0.15, 0.2) is 46.9 Å². The Labute approximate surface area is 118 Å². The van der Waals surface area contributed by atoms with Gasteiger partial charge in [0.1, 0.15) is 11.5 Å². The summed E-state index contributed by atoms with van der Waals surface area (Å²) in [6.07, 6.45) is 2.14. The number of anilines is 1. The van der Waals surface area contributed by atoms with Gasteiger partial charge in [-0.15, -0.1) is 0 Å². The lowest BCUT2D eigenvalue weighted by molar-refractivity contribution is 0.200. The van der Waals surface area contributed by atoms with Crippen LogP contribution in [-0.2, 0) is 6.54 Å². The van der Waals surface area contributed by atoms with Gasteiger partial charge in [0.2, 0.25) is 0 Å². The largest absolute Gasteiger partial charge is 0.464 e. The molecule has 4 nitrogen and oxygen atoms in total. The number of furan rings is 1. The second kappa shape index (κ2) is 5.41. The van der Waals surface area contributed by atoms with Crippen molar-refractivity contribution in [3.05, 3.63) is 54.0 Å². The Hall–Kier alpha value is -2.23. The molecule has 1 aliphatic carbocycles. The highest BCUT2D eigenvalue weighted by Crippen LogP contribution is 2.29. The van der Waals surface area contributed by atoms with Crippen LogP contribution in [0.5, 0.6) is 0 Å². The van der Waals surface area contributed by atoms with Gasteiger partial charge in [-0.05, 0) is 44.0 Å². The molecule has 1 aliphatic rings. The standard InChI is InChI=1S/C16H18N2O2/c1-12-7-10-15(20-12)11-18(14-8-9-14)16(19)17-13-5-3-2-4-6-13/h2-7,10,14H,8-9,11H2,1H3,(H,17,19). The van der Waals surface area contributed by atoms with E-state index in [9.17, 15) is 4.79 Å². The van der Waals surface area contributed by atoms with E-state index in [1.807, 2.05) is 54.3 Å². The normalized spacial score (nSPS) is 14.1. The number of urea groups is 1. The summed E-state index contributed by atoms with van der Waals surface area (Å²) in [7, 11) is 0. The summed E-state index contributed by atoms with van der Waals surface area (Å²) < 4.78 is 5.57. The summed E-state index contributed by atoms with van der Waals surface area (Å²) in [5, 5.41) is 2.94. The number of rotatable bonds is 4. The monoisotopic (exact) mass is 270 g/mol. The fraction of sp³-hybridized carbons (Fsp3) is 0.312. The molecule has 0 saturated heterocycles. The number of benzene rings is 1. The molecule has 2 amide bonds. The summed E-state index contributed by atoms with van der Waals surface area (Å²) in [5.41, 5.74) is 0.818. The Balaban J connectivity index is 1.69. The molecular formula is C16H18N2O2. The molecule has 104 valence electrons. The fourth-order valence-corrected chi connectivity index (χ4v) is 2.21. The number of carbonyl (C=O) groups is 1. The second-order valence-corrected chi connectivity index (χ2v) is 5.17. The third-order valence-electron chi connectivity index (χ3n) is 3.40. The number of carbonyl (C=O) groups excluding carboxylic acids is 1. The first-order valence-electron chi connectivity index (χ1n) is 6.90. The van der Waals surface area contributed by atoms with Crippen molar-refractivity contribution in [2.75, 3.05) is 5.32 Å². The Morgan fingerprint density at radius 2 is 2.00 bits per heavy atom. The Morgan fingerprint density at radius 3 is 2.60 bits per heavy atom. The Morgan fingerprint density at radius 1 is 1.25 bits per heavy atom. The van der Waals surface area contributed by atoms with Gasteiger partial charge in [-0.25, -0.2) is 4.79 Å². The van der Waals surface area contributed by atoms with Crippen molar-refractivity contribution >= 4 is 11.7 Å². The van der Waals surface area contributed by atoms with Crippen LogP contribution >= 0.6 is 0 Å². The minimum atomic E-state index is -0.0623. The Kier molecular flexibility index (Phi) is 3.46. The molecule has 3 rings (SSSR count). The van der Waals surface area contributed by atoms with Crippen molar-refractivity contribution < 1.29 is 9.21 Å². The highest BCUT2D eigenvalue weighted by Gasteiger charge is 2.33.